The molecule has 0 bridgehead atoms. The molecule has 6 heteroatoms. The van der Waals surface area contributed by atoms with Crippen molar-refractivity contribution >= 4 is 11.9 Å². The summed E-state index contributed by atoms with van der Waals surface area (Å²) in [6.45, 7) is 1.14. The van der Waals surface area contributed by atoms with E-state index in [1.165, 1.54) is 0 Å². The van der Waals surface area contributed by atoms with E-state index in [-0.39, 0.29) is 38.0 Å². The molecule has 0 unspecified atom stereocenters. The average molecular weight is 245 g/mol. The maximum atomic E-state index is 11.8. The molecule has 1 aliphatic rings. The summed E-state index contributed by atoms with van der Waals surface area (Å²) in [5.41, 5.74) is 0. The summed E-state index contributed by atoms with van der Waals surface area (Å²) >= 11 is 0. The lowest BCUT2D eigenvalue weighted by Crippen LogP contribution is -2.36. The molecule has 0 aromatic carbocycles. The second-order valence-corrected chi connectivity index (χ2v) is 4.08. The Labute approximate surface area is 100 Å². The van der Waals surface area contributed by atoms with Crippen LogP contribution in [0.15, 0.2) is 0 Å². The van der Waals surface area contributed by atoms with E-state index in [2.05, 4.69) is 0 Å². The molecule has 98 valence electrons. The Kier molecular flexibility index (Phi) is 5.93. The molecule has 1 saturated carbocycles. The SMILES string of the molecule is O=C(O)CCN(CCOCCO)C(=O)C1CC1. The largest absolute Gasteiger partial charge is 0.481 e. The fourth-order valence-corrected chi connectivity index (χ4v) is 1.49. The van der Waals surface area contributed by atoms with Crippen molar-refractivity contribution in [3.8, 4) is 0 Å². The lowest BCUT2D eigenvalue weighted by Gasteiger charge is -2.21. The lowest BCUT2D eigenvalue weighted by molar-refractivity contribution is -0.139. The minimum atomic E-state index is -0.908. The van der Waals surface area contributed by atoms with E-state index in [9.17, 15) is 9.59 Å². The number of carboxylic acid groups (broad SMARTS) is 1. The van der Waals surface area contributed by atoms with Crippen LogP contribution < -0.4 is 0 Å². The number of carbonyl (C=O) groups is 2. The zero-order valence-electron chi connectivity index (χ0n) is 9.80. The van der Waals surface area contributed by atoms with Crippen LogP contribution in [0.1, 0.15) is 19.3 Å². The van der Waals surface area contributed by atoms with Gasteiger partial charge in [-0.05, 0) is 12.8 Å². The number of nitrogens with zero attached hydrogens (tertiary/aromatic N) is 1. The molecule has 0 heterocycles. The molecule has 0 aromatic rings. The molecule has 6 nitrogen and oxygen atoms in total. The number of hydrogen-bond donors (Lipinski definition) is 2. The zero-order valence-corrected chi connectivity index (χ0v) is 9.80. The van der Waals surface area contributed by atoms with Gasteiger partial charge in [-0.3, -0.25) is 9.59 Å². The normalized spacial score (nSPS) is 14.6. The third kappa shape index (κ3) is 5.65. The number of ether oxygens (including phenoxy) is 1. The van der Waals surface area contributed by atoms with Crippen molar-refractivity contribution in [1.82, 2.24) is 4.90 Å². The van der Waals surface area contributed by atoms with Gasteiger partial charge in [0.1, 0.15) is 0 Å². The molecule has 0 saturated heterocycles. The van der Waals surface area contributed by atoms with Crippen LogP contribution in [0, 0.1) is 5.92 Å². The summed E-state index contributed by atoms with van der Waals surface area (Å²) in [7, 11) is 0. The number of aliphatic hydroxyl groups excluding tert-OH is 1. The van der Waals surface area contributed by atoms with Crippen LogP contribution in [0.25, 0.3) is 0 Å². The number of aliphatic carboxylic acids is 1. The van der Waals surface area contributed by atoms with Gasteiger partial charge < -0.3 is 19.8 Å². The predicted molar refractivity (Wildman–Crippen MR) is 59.5 cm³/mol. The van der Waals surface area contributed by atoms with Crippen molar-refractivity contribution in [2.45, 2.75) is 19.3 Å². The third-order valence-electron chi connectivity index (χ3n) is 2.58. The van der Waals surface area contributed by atoms with E-state index < -0.39 is 5.97 Å². The molecular weight excluding hydrogens is 226 g/mol. The summed E-state index contributed by atoms with van der Waals surface area (Å²) in [5, 5.41) is 17.1. The van der Waals surface area contributed by atoms with Crippen molar-refractivity contribution in [2.24, 2.45) is 5.92 Å². The molecule has 17 heavy (non-hydrogen) atoms. The highest BCUT2D eigenvalue weighted by molar-refractivity contribution is 5.81. The smallest absolute Gasteiger partial charge is 0.305 e. The van der Waals surface area contributed by atoms with Crippen LogP contribution in [0.5, 0.6) is 0 Å². The van der Waals surface area contributed by atoms with Gasteiger partial charge in [-0.1, -0.05) is 0 Å². The molecule has 2 N–H and O–H groups in total. The predicted octanol–water partition coefficient (Wildman–Crippen LogP) is -0.291. The van der Waals surface area contributed by atoms with Crippen molar-refractivity contribution in [3.05, 3.63) is 0 Å². The van der Waals surface area contributed by atoms with Crippen LogP contribution in [0.4, 0.5) is 0 Å². The Bertz CT molecular complexity index is 265. The van der Waals surface area contributed by atoms with Crippen LogP contribution in [0.3, 0.4) is 0 Å². The first kappa shape index (κ1) is 13.9. The molecule has 0 aromatic heterocycles. The standard InChI is InChI=1S/C11H19NO5/c13-6-8-17-7-5-12(4-3-10(14)15)11(16)9-1-2-9/h9,13H,1-8H2,(H,14,15). The summed E-state index contributed by atoms with van der Waals surface area (Å²) < 4.78 is 5.08. The number of hydrogen-bond acceptors (Lipinski definition) is 4. The average Bonchev–Trinajstić information content (AvgIpc) is 3.11. The number of carbonyl (C=O) groups excluding carboxylic acids is 1. The second-order valence-electron chi connectivity index (χ2n) is 4.08. The molecule has 0 spiro atoms. The van der Waals surface area contributed by atoms with Gasteiger partial charge in [-0.2, -0.15) is 0 Å². The van der Waals surface area contributed by atoms with Crippen molar-refractivity contribution < 1.29 is 24.5 Å². The van der Waals surface area contributed by atoms with Crippen LogP contribution >= 0.6 is 0 Å². The Morgan fingerprint density at radius 1 is 1.24 bits per heavy atom. The quantitative estimate of drug-likeness (QED) is 0.545. The molecule has 1 fully saturated rings. The van der Waals surface area contributed by atoms with Gasteiger partial charge in [0.2, 0.25) is 5.91 Å². The van der Waals surface area contributed by atoms with Gasteiger partial charge >= 0.3 is 5.97 Å². The van der Waals surface area contributed by atoms with Gasteiger partial charge in [0.05, 0.1) is 26.2 Å². The number of amides is 1. The highest BCUT2D eigenvalue weighted by Crippen LogP contribution is 2.30. The van der Waals surface area contributed by atoms with Crippen molar-refractivity contribution in [3.63, 3.8) is 0 Å². The number of rotatable bonds is 9. The molecule has 0 atom stereocenters. The van der Waals surface area contributed by atoms with Crippen LogP contribution in [-0.4, -0.2) is 59.9 Å². The first-order valence-corrected chi connectivity index (χ1v) is 5.84. The van der Waals surface area contributed by atoms with E-state index >= 15 is 0 Å². The Hall–Kier alpha value is -1.14. The Morgan fingerprint density at radius 3 is 2.47 bits per heavy atom. The van der Waals surface area contributed by atoms with Gasteiger partial charge in [0.15, 0.2) is 0 Å². The van der Waals surface area contributed by atoms with E-state index in [1.807, 2.05) is 0 Å². The van der Waals surface area contributed by atoms with E-state index in [0.717, 1.165) is 12.8 Å². The summed E-state index contributed by atoms with van der Waals surface area (Å²) in [6.07, 6.45) is 1.76. The van der Waals surface area contributed by atoms with Crippen molar-refractivity contribution in [2.75, 3.05) is 32.9 Å². The molecule has 1 amide bonds. The van der Waals surface area contributed by atoms with Crippen LogP contribution in [0.2, 0.25) is 0 Å². The minimum absolute atomic E-state index is 0.0267. The maximum Gasteiger partial charge on any atom is 0.305 e. The third-order valence-corrected chi connectivity index (χ3v) is 2.58. The minimum Gasteiger partial charge on any atom is -0.481 e. The molecule has 1 rings (SSSR count). The topological polar surface area (TPSA) is 87.1 Å². The van der Waals surface area contributed by atoms with Gasteiger partial charge in [-0.25, -0.2) is 0 Å². The zero-order chi connectivity index (χ0) is 12.7. The number of carboxylic acids is 1. The number of aliphatic hydroxyl groups is 1. The highest BCUT2D eigenvalue weighted by atomic mass is 16.5. The van der Waals surface area contributed by atoms with Gasteiger partial charge in [0, 0.05) is 19.0 Å². The Morgan fingerprint density at radius 2 is 1.94 bits per heavy atom. The first-order valence-electron chi connectivity index (χ1n) is 5.84. The fraction of sp³-hybridized carbons (Fsp3) is 0.818. The monoisotopic (exact) mass is 245 g/mol. The van der Waals surface area contributed by atoms with E-state index in [1.54, 1.807) is 4.90 Å². The fourth-order valence-electron chi connectivity index (χ4n) is 1.49. The first-order chi connectivity index (χ1) is 8.15. The second kappa shape index (κ2) is 7.24. The highest BCUT2D eigenvalue weighted by Gasteiger charge is 2.33. The Balaban J connectivity index is 2.29. The molecule has 1 aliphatic carbocycles. The van der Waals surface area contributed by atoms with Gasteiger partial charge in [-0.15, -0.1) is 0 Å². The van der Waals surface area contributed by atoms with Crippen molar-refractivity contribution in [1.29, 1.82) is 0 Å². The summed E-state index contributed by atoms with van der Waals surface area (Å²) in [5.74, 6) is -0.796. The van der Waals surface area contributed by atoms with E-state index in [4.69, 9.17) is 14.9 Å². The van der Waals surface area contributed by atoms with E-state index in [0.29, 0.717) is 13.2 Å². The van der Waals surface area contributed by atoms with Crippen LogP contribution in [-0.2, 0) is 14.3 Å². The molecular formula is C11H19NO5. The lowest BCUT2D eigenvalue weighted by atomic mass is 10.3. The summed E-state index contributed by atoms with van der Waals surface area (Å²) in [4.78, 5) is 23.8. The van der Waals surface area contributed by atoms with Gasteiger partial charge in [0.25, 0.3) is 0 Å². The summed E-state index contributed by atoms with van der Waals surface area (Å²) in [6, 6.07) is 0. The molecule has 0 radical (unpaired) electrons. The molecule has 0 aliphatic heterocycles. The maximum absolute atomic E-state index is 11.8.